The lowest BCUT2D eigenvalue weighted by Crippen LogP contribution is -2.44. The number of anilines is 2. The van der Waals surface area contributed by atoms with Crippen LogP contribution in [0.3, 0.4) is 0 Å². The summed E-state index contributed by atoms with van der Waals surface area (Å²) in [5.41, 5.74) is 1.02. The third-order valence-electron chi connectivity index (χ3n) is 5.83. The summed E-state index contributed by atoms with van der Waals surface area (Å²) in [6, 6.07) is 10.2. The van der Waals surface area contributed by atoms with Gasteiger partial charge in [-0.3, -0.25) is 19.6 Å². The van der Waals surface area contributed by atoms with E-state index in [2.05, 4.69) is 50.2 Å². The first-order chi connectivity index (χ1) is 21.6. The number of hydrogen-bond donors (Lipinski definition) is 2. The van der Waals surface area contributed by atoms with Gasteiger partial charge in [-0.2, -0.15) is 10.2 Å². The number of esters is 2. The summed E-state index contributed by atoms with van der Waals surface area (Å²) in [6.07, 6.45) is 6.06. The Labute approximate surface area is 259 Å². The molecular weight excluding hydrogens is 584 g/mol. The van der Waals surface area contributed by atoms with Crippen LogP contribution in [0, 0.1) is 6.92 Å². The molecule has 45 heavy (non-hydrogen) atoms. The largest absolute Gasteiger partial charge is 0.467 e. The summed E-state index contributed by atoms with van der Waals surface area (Å²) in [7, 11) is 2.44. The van der Waals surface area contributed by atoms with E-state index in [1.54, 1.807) is 55.7 Å². The maximum Gasteiger partial charge on any atom is 0.328 e. The average Bonchev–Trinajstić information content (AvgIpc) is 3.04. The molecule has 3 aromatic rings. The molecule has 0 spiro atoms. The number of ether oxygens (including phenoxy) is 2. The van der Waals surface area contributed by atoms with Gasteiger partial charge in [-0.1, -0.05) is 12.1 Å². The molecule has 0 fully saturated rings. The van der Waals surface area contributed by atoms with E-state index >= 15 is 0 Å². The van der Waals surface area contributed by atoms with Gasteiger partial charge in [-0.05, 0) is 45.0 Å². The molecule has 2 N–H and O–H groups in total. The first-order valence-corrected chi connectivity index (χ1v) is 13.6. The van der Waals surface area contributed by atoms with Crippen LogP contribution in [0.2, 0.25) is 0 Å². The van der Waals surface area contributed by atoms with Gasteiger partial charge in [0.05, 0.1) is 38.0 Å². The standard InChI is InChI=1S/C29H34N10O6/c1-19(28(42)44-4)34-26(40)17-38(32-15-22-10-6-8-12-30-22)24-14-25(37-21(3)36-24)39(33-16-23-11-7-9-13-31-23)18-27(41)35-20(2)29(43)45-5/h6-16,19-20H,17-18H2,1-5H3,(H,34,40)(H,35,41)/b32-15+,33-16+/t19-,20-/m0/s1. The van der Waals surface area contributed by atoms with Gasteiger partial charge in [0.15, 0.2) is 11.6 Å². The van der Waals surface area contributed by atoms with Crippen molar-refractivity contribution in [2.24, 2.45) is 10.2 Å². The number of hydrogen-bond acceptors (Lipinski definition) is 14. The van der Waals surface area contributed by atoms with Crippen LogP contribution in [-0.2, 0) is 28.7 Å². The summed E-state index contributed by atoms with van der Waals surface area (Å²) in [5, 5.41) is 16.5. The van der Waals surface area contributed by atoms with Gasteiger partial charge >= 0.3 is 11.9 Å². The second kappa shape index (κ2) is 16.7. The Morgan fingerprint density at radius 3 is 1.56 bits per heavy atom. The fourth-order valence-electron chi connectivity index (χ4n) is 3.64. The SMILES string of the molecule is COC(=O)[C@H](C)NC(=O)CN(/N=C/c1ccccn1)c1cc(N(CC(=O)N[C@@H](C)C(=O)OC)/N=C/c2ccccn2)nc(C)n1. The van der Waals surface area contributed by atoms with E-state index in [4.69, 9.17) is 0 Å². The molecule has 236 valence electrons. The number of carbonyl (C=O) groups is 4. The lowest BCUT2D eigenvalue weighted by atomic mass is 10.3. The van der Waals surface area contributed by atoms with E-state index in [-0.39, 0.29) is 30.5 Å². The number of nitrogens with zero attached hydrogens (tertiary/aromatic N) is 8. The smallest absolute Gasteiger partial charge is 0.328 e. The minimum absolute atomic E-state index is 0.173. The van der Waals surface area contributed by atoms with Crippen molar-refractivity contribution in [3.8, 4) is 0 Å². The monoisotopic (exact) mass is 618 g/mol. The zero-order valence-corrected chi connectivity index (χ0v) is 25.4. The molecule has 0 bridgehead atoms. The molecule has 0 radical (unpaired) electrons. The number of amides is 2. The average molecular weight is 619 g/mol. The molecular formula is C29H34N10O6. The quantitative estimate of drug-likeness (QED) is 0.145. The molecule has 0 unspecified atom stereocenters. The van der Waals surface area contributed by atoms with Crippen molar-refractivity contribution in [1.82, 2.24) is 30.6 Å². The molecule has 0 aromatic carbocycles. The van der Waals surface area contributed by atoms with Gasteiger partial charge < -0.3 is 20.1 Å². The summed E-state index contributed by atoms with van der Waals surface area (Å²) in [4.78, 5) is 66.9. The topological polar surface area (TPSA) is 194 Å². The summed E-state index contributed by atoms with van der Waals surface area (Å²) in [6.45, 7) is 3.89. The van der Waals surface area contributed by atoms with Crippen LogP contribution in [0.4, 0.5) is 11.6 Å². The predicted molar refractivity (Wildman–Crippen MR) is 164 cm³/mol. The van der Waals surface area contributed by atoms with E-state index in [1.165, 1.54) is 56.6 Å². The van der Waals surface area contributed by atoms with Crippen LogP contribution >= 0.6 is 0 Å². The Bertz CT molecular complexity index is 1410. The molecule has 0 aliphatic heterocycles. The second-order valence-electron chi connectivity index (χ2n) is 9.37. The number of methoxy groups -OCH3 is 2. The third kappa shape index (κ3) is 10.8. The number of pyridine rings is 2. The maximum atomic E-state index is 12.9. The predicted octanol–water partition coefficient (Wildman–Crippen LogP) is 0.611. The number of nitrogens with one attached hydrogen (secondary N) is 2. The highest BCUT2D eigenvalue weighted by Crippen LogP contribution is 2.20. The van der Waals surface area contributed by atoms with Gasteiger partial charge in [0, 0.05) is 18.5 Å². The van der Waals surface area contributed by atoms with Crippen LogP contribution in [0.25, 0.3) is 0 Å². The number of aryl methyl sites for hydroxylation is 1. The van der Waals surface area contributed by atoms with Gasteiger partial charge in [-0.15, -0.1) is 0 Å². The number of hydrazone groups is 2. The third-order valence-corrected chi connectivity index (χ3v) is 5.83. The minimum atomic E-state index is -0.908. The van der Waals surface area contributed by atoms with Crippen molar-refractivity contribution in [2.45, 2.75) is 32.9 Å². The van der Waals surface area contributed by atoms with Crippen molar-refractivity contribution < 1.29 is 28.7 Å². The van der Waals surface area contributed by atoms with Gasteiger partial charge in [0.2, 0.25) is 11.8 Å². The molecule has 0 aliphatic rings. The Kier molecular flexibility index (Phi) is 12.5. The highest BCUT2D eigenvalue weighted by atomic mass is 16.5. The first-order valence-electron chi connectivity index (χ1n) is 13.6. The summed E-state index contributed by atoms with van der Waals surface area (Å²) >= 11 is 0. The maximum absolute atomic E-state index is 12.9. The summed E-state index contributed by atoms with van der Waals surface area (Å²) in [5.74, 6) is -1.72. The number of aromatic nitrogens is 4. The zero-order chi connectivity index (χ0) is 32.8. The fraction of sp³-hybridized carbons (Fsp3) is 0.310. The Morgan fingerprint density at radius 2 is 1.20 bits per heavy atom. The van der Waals surface area contributed by atoms with E-state index in [9.17, 15) is 19.2 Å². The molecule has 3 aromatic heterocycles. The first kappa shape index (κ1) is 33.7. The van der Waals surface area contributed by atoms with Crippen molar-refractivity contribution in [3.63, 3.8) is 0 Å². The van der Waals surface area contributed by atoms with Crippen molar-refractivity contribution in [2.75, 3.05) is 37.3 Å². The van der Waals surface area contributed by atoms with Crippen LogP contribution < -0.4 is 20.7 Å². The van der Waals surface area contributed by atoms with Crippen LogP contribution in [-0.4, -0.2) is 95.5 Å². The molecule has 16 heteroatoms. The highest BCUT2D eigenvalue weighted by molar-refractivity contribution is 5.88. The molecule has 3 heterocycles. The molecule has 0 saturated carbocycles. The van der Waals surface area contributed by atoms with Crippen molar-refractivity contribution in [1.29, 1.82) is 0 Å². The van der Waals surface area contributed by atoms with Gasteiger partial charge in [0.25, 0.3) is 0 Å². The molecule has 2 amide bonds. The number of rotatable bonds is 14. The number of carbonyl (C=O) groups excluding carboxylic acids is 4. The Hall–Kier alpha value is -5.80. The fourth-order valence-corrected chi connectivity index (χ4v) is 3.64. The lowest BCUT2D eigenvalue weighted by Gasteiger charge is -2.23. The lowest BCUT2D eigenvalue weighted by molar-refractivity contribution is -0.144. The molecule has 2 atom stereocenters. The van der Waals surface area contributed by atoms with Crippen molar-refractivity contribution >= 4 is 47.8 Å². The normalized spacial score (nSPS) is 12.3. The molecule has 0 aliphatic carbocycles. The van der Waals surface area contributed by atoms with Gasteiger partial charge in [-0.25, -0.2) is 29.6 Å². The highest BCUT2D eigenvalue weighted by Gasteiger charge is 2.22. The van der Waals surface area contributed by atoms with E-state index < -0.39 is 35.8 Å². The molecule has 16 nitrogen and oxygen atoms in total. The summed E-state index contributed by atoms with van der Waals surface area (Å²) < 4.78 is 9.38. The van der Waals surface area contributed by atoms with E-state index in [0.717, 1.165) is 0 Å². The second-order valence-corrected chi connectivity index (χ2v) is 9.37. The van der Waals surface area contributed by atoms with E-state index in [0.29, 0.717) is 11.4 Å². The van der Waals surface area contributed by atoms with E-state index in [1.807, 2.05) is 0 Å². The van der Waals surface area contributed by atoms with Crippen LogP contribution in [0.1, 0.15) is 31.1 Å². The molecule has 0 saturated heterocycles. The molecule has 3 rings (SSSR count). The van der Waals surface area contributed by atoms with Crippen LogP contribution in [0.15, 0.2) is 65.1 Å². The minimum Gasteiger partial charge on any atom is -0.467 e. The van der Waals surface area contributed by atoms with Crippen molar-refractivity contribution in [3.05, 3.63) is 72.1 Å². The Morgan fingerprint density at radius 1 is 0.778 bits per heavy atom. The van der Waals surface area contributed by atoms with Gasteiger partial charge in [0.1, 0.15) is 31.0 Å². The Balaban J connectivity index is 1.99. The van der Waals surface area contributed by atoms with Crippen LogP contribution in [0.5, 0.6) is 0 Å². The zero-order valence-electron chi connectivity index (χ0n) is 25.4.